The molecule has 134 valence electrons. The predicted molar refractivity (Wildman–Crippen MR) is 95.3 cm³/mol. The van der Waals surface area contributed by atoms with Gasteiger partial charge in [0.1, 0.15) is 5.69 Å². The molecular weight excluding hydrogens is 316 g/mol. The Bertz CT molecular complexity index is 711. The Balaban J connectivity index is 1.64. The molecule has 0 aliphatic carbocycles. The lowest BCUT2D eigenvalue weighted by atomic mass is 9.95. The molecule has 3 rings (SSSR count). The number of rotatable bonds is 6. The monoisotopic (exact) mass is 342 g/mol. The molecule has 6 nitrogen and oxygen atoms in total. The van der Waals surface area contributed by atoms with Crippen molar-refractivity contribution in [2.24, 2.45) is 18.9 Å². The number of aryl methyl sites for hydroxylation is 1. The van der Waals surface area contributed by atoms with Crippen molar-refractivity contribution in [3.8, 4) is 0 Å². The topological polar surface area (TPSA) is 69.0 Å². The summed E-state index contributed by atoms with van der Waals surface area (Å²) in [5.74, 6) is 0.703. The Hall–Kier alpha value is -2.21. The second-order valence-corrected chi connectivity index (χ2v) is 7.18. The van der Waals surface area contributed by atoms with E-state index in [1.165, 1.54) is 5.56 Å². The summed E-state index contributed by atoms with van der Waals surface area (Å²) < 4.78 is 7.28. The number of amides is 1. The van der Waals surface area contributed by atoms with E-state index in [0.29, 0.717) is 24.8 Å². The molecule has 0 saturated carbocycles. The summed E-state index contributed by atoms with van der Waals surface area (Å²) in [6, 6.07) is 5.93. The molecule has 0 bridgehead atoms. The van der Waals surface area contributed by atoms with Crippen molar-refractivity contribution < 1.29 is 9.53 Å². The molecule has 0 unspecified atom stereocenters. The number of hydrogen-bond acceptors (Lipinski definition) is 4. The molecule has 25 heavy (non-hydrogen) atoms. The number of hydrogen-bond donors (Lipinski definition) is 1. The molecule has 3 heterocycles. The largest absolute Gasteiger partial charge is 0.379 e. The molecule has 2 aromatic rings. The molecule has 1 aliphatic heterocycles. The first-order valence-corrected chi connectivity index (χ1v) is 8.83. The molecule has 6 heteroatoms. The number of carbonyl (C=O) groups excluding carboxylic acids is 1. The number of ether oxygens (including phenoxy) is 1. The summed E-state index contributed by atoms with van der Waals surface area (Å²) in [6.07, 6.45) is 5.34. The van der Waals surface area contributed by atoms with Crippen LogP contribution in [0.5, 0.6) is 0 Å². The average molecular weight is 342 g/mol. The first-order chi connectivity index (χ1) is 12.0. The van der Waals surface area contributed by atoms with Crippen LogP contribution in [0, 0.1) is 11.8 Å². The Labute approximate surface area is 148 Å². The summed E-state index contributed by atoms with van der Waals surface area (Å²) in [4.78, 5) is 16.7. The fraction of sp³-hybridized carbons (Fsp3) is 0.526. The molecule has 1 fully saturated rings. The molecular formula is C19H26N4O2. The third-order valence-corrected chi connectivity index (χ3v) is 4.54. The Morgan fingerprint density at radius 2 is 2.12 bits per heavy atom. The first-order valence-electron chi connectivity index (χ1n) is 8.83. The summed E-state index contributed by atoms with van der Waals surface area (Å²) >= 11 is 0. The van der Waals surface area contributed by atoms with Crippen molar-refractivity contribution >= 4 is 5.91 Å². The van der Waals surface area contributed by atoms with Crippen molar-refractivity contribution in [2.45, 2.75) is 32.7 Å². The highest BCUT2D eigenvalue weighted by atomic mass is 16.5. The average Bonchev–Trinajstić information content (AvgIpc) is 3.14. The highest BCUT2D eigenvalue weighted by Crippen LogP contribution is 2.19. The minimum atomic E-state index is -0.0831. The Morgan fingerprint density at radius 1 is 1.36 bits per heavy atom. The van der Waals surface area contributed by atoms with Crippen LogP contribution in [0.15, 0.2) is 30.6 Å². The van der Waals surface area contributed by atoms with Gasteiger partial charge in [0.05, 0.1) is 24.9 Å². The number of nitrogens with one attached hydrogen (secondary N) is 1. The zero-order valence-corrected chi connectivity index (χ0v) is 15.1. The van der Waals surface area contributed by atoms with Crippen molar-refractivity contribution in [3.05, 3.63) is 47.5 Å². The van der Waals surface area contributed by atoms with Crippen molar-refractivity contribution in [1.29, 1.82) is 0 Å². The maximum atomic E-state index is 12.7. The minimum absolute atomic E-state index is 0.0177. The summed E-state index contributed by atoms with van der Waals surface area (Å²) in [5, 5.41) is 7.58. The van der Waals surface area contributed by atoms with E-state index in [2.05, 4.69) is 29.2 Å². The lowest BCUT2D eigenvalue weighted by Gasteiger charge is -2.19. The first kappa shape index (κ1) is 17.6. The Morgan fingerprint density at radius 3 is 2.84 bits per heavy atom. The van der Waals surface area contributed by atoms with Gasteiger partial charge in [0, 0.05) is 25.4 Å². The van der Waals surface area contributed by atoms with Crippen LogP contribution in [0.3, 0.4) is 0 Å². The van der Waals surface area contributed by atoms with Crippen LogP contribution in [-0.4, -0.2) is 39.9 Å². The van der Waals surface area contributed by atoms with Gasteiger partial charge in [-0.1, -0.05) is 13.8 Å². The van der Waals surface area contributed by atoms with Gasteiger partial charge in [-0.05, 0) is 42.5 Å². The molecule has 2 atom stereocenters. The molecule has 1 N–H and O–H groups in total. The predicted octanol–water partition coefficient (Wildman–Crippen LogP) is 2.00. The highest BCUT2D eigenvalue weighted by Gasteiger charge is 2.30. The lowest BCUT2D eigenvalue weighted by Crippen LogP contribution is -2.41. The van der Waals surface area contributed by atoms with Gasteiger partial charge in [0.2, 0.25) is 0 Å². The lowest BCUT2D eigenvalue weighted by molar-refractivity contribution is 0.0915. The van der Waals surface area contributed by atoms with E-state index in [0.717, 1.165) is 18.5 Å². The fourth-order valence-corrected chi connectivity index (χ4v) is 3.28. The third kappa shape index (κ3) is 4.45. The van der Waals surface area contributed by atoms with E-state index in [-0.39, 0.29) is 17.9 Å². The van der Waals surface area contributed by atoms with Gasteiger partial charge in [0.15, 0.2) is 0 Å². The smallest absolute Gasteiger partial charge is 0.269 e. The molecule has 0 radical (unpaired) electrons. The highest BCUT2D eigenvalue weighted by molar-refractivity contribution is 5.92. The van der Waals surface area contributed by atoms with Gasteiger partial charge in [-0.15, -0.1) is 0 Å². The van der Waals surface area contributed by atoms with Gasteiger partial charge < -0.3 is 10.1 Å². The van der Waals surface area contributed by atoms with Gasteiger partial charge in [-0.3, -0.25) is 14.5 Å². The third-order valence-electron chi connectivity index (χ3n) is 4.54. The van der Waals surface area contributed by atoms with Gasteiger partial charge in [0.25, 0.3) is 5.91 Å². The van der Waals surface area contributed by atoms with Crippen LogP contribution >= 0.6 is 0 Å². The summed E-state index contributed by atoms with van der Waals surface area (Å²) in [5.41, 5.74) is 2.77. The zero-order valence-electron chi connectivity index (χ0n) is 15.1. The molecule has 0 aromatic carbocycles. The van der Waals surface area contributed by atoms with E-state index < -0.39 is 0 Å². The van der Waals surface area contributed by atoms with Crippen LogP contribution in [0.1, 0.15) is 35.6 Å². The standard InChI is InChI=1S/C19H26N4O2/c1-13(2)8-16-10-18(23(3)22-16)19(24)21-17-12-25-11-15(17)9-14-4-6-20-7-5-14/h4-7,10,13,15,17H,8-9,11-12H2,1-3H3,(H,21,24)/t15-,17+/m1/s1. The number of pyridine rings is 1. The van der Waals surface area contributed by atoms with Gasteiger partial charge in [-0.25, -0.2) is 0 Å². The van der Waals surface area contributed by atoms with E-state index in [1.807, 2.05) is 25.2 Å². The van der Waals surface area contributed by atoms with Crippen LogP contribution in [0.25, 0.3) is 0 Å². The minimum Gasteiger partial charge on any atom is -0.379 e. The van der Waals surface area contributed by atoms with Gasteiger partial charge >= 0.3 is 0 Å². The normalized spacial score (nSPS) is 20.2. The number of aromatic nitrogens is 3. The van der Waals surface area contributed by atoms with Crippen LogP contribution in [0.2, 0.25) is 0 Å². The van der Waals surface area contributed by atoms with Crippen molar-refractivity contribution in [2.75, 3.05) is 13.2 Å². The van der Waals surface area contributed by atoms with Crippen molar-refractivity contribution in [1.82, 2.24) is 20.1 Å². The Kier molecular flexibility index (Phi) is 5.48. The van der Waals surface area contributed by atoms with E-state index >= 15 is 0 Å². The number of carbonyl (C=O) groups is 1. The summed E-state index contributed by atoms with van der Waals surface area (Å²) in [6.45, 7) is 5.51. The molecule has 1 amide bonds. The van der Waals surface area contributed by atoms with Gasteiger partial charge in [-0.2, -0.15) is 5.10 Å². The summed E-state index contributed by atoms with van der Waals surface area (Å²) in [7, 11) is 1.82. The fourth-order valence-electron chi connectivity index (χ4n) is 3.28. The van der Waals surface area contributed by atoms with E-state index in [1.54, 1.807) is 17.1 Å². The zero-order chi connectivity index (χ0) is 17.8. The molecule has 1 aliphatic rings. The quantitative estimate of drug-likeness (QED) is 0.872. The second kappa shape index (κ2) is 7.78. The van der Waals surface area contributed by atoms with Crippen LogP contribution in [0.4, 0.5) is 0 Å². The number of nitrogens with zero attached hydrogens (tertiary/aromatic N) is 3. The van der Waals surface area contributed by atoms with Crippen molar-refractivity contribution in [3.63, 3.8) is 0 Å². The maximum absolute atomic E-state index is 12.7. The van der Waals surface area contributed by atoms with Crippen LogP contribution < -0.4 is 5.32 Å². The maximum Gasteiger partial charge on any atom is 0.269 e. The van der Waals surface area contributed by atoms with E-state index in [9.17, 15) is 4.79 Å². The molecule has 2 aromatic heterocycles. The molecule has 0 spiro atoms. The molecule has 1 saturated heterocycles. The van der Waals surface area contributed by atoms with E-state index in [4.69, 9.17) is 4.74 Å². The SMILES string of the molecule is CC(C)Cc1cc(C(=O)N[C@H]2COC[C@H]2Cc2ccncc2)n(C)n1. The second-order valence-electron chi connectivity index (χ2n) is 7.18. The van der Waals surface area contributed by atoms with Crippen LogP contribution in [-0.2, 0) is 24.6 Å².